The fourth-order valence-electron chi connectivity index (χ4n) is 1.24. The van der Waals surface area contributed by atoms with Gasteiger partial charge >= 0.3 is 0 Å². The number of rotatable bonds is 3. The molecule has 6 heteroatoms. The maximum atomic E-state index is 13.0. The van der Waals surface area contributed by atoms with Gasteiger partial charge in [0.25, 0.3) is 0 Å². The average Bonchev–Trinajstić information content (AvgIpc) is 2.73. The van der Waals surface area contributed by atoms with Gasteiger partial charge in [0.2, 0.25) is 0 Å². The van der Waals surface area contributed by atoms with E-state index in [-0.39, 0.29) is 5.82 Å². The number of aliphatic hydroxyl groups is 1. The lowest BCUT2D eigenvalue weighted by Crippen LogP contribution is -1.95. The molecule has 0 aliphatic rings. The van der Waals surface area contributed by atoms with Crippen LogP contribution in [0.3, 0.4) is 0 Å². The highest BCUT2D eigenvalue weighted by Crippen LogP contribution is 2.34. The molecule has 0 fully saturated rings. The minimum atomic E-state index is -0.703. The third-order valence-electron chi connectivity index (χ3n) is 1.96. The summed E-state index contributed by atoms with van der Waals surface area (Å²) >= 11 is 2.78. The summed E-state index contributed by atoms with van der Waals surface area (Å²) < 4.78 is 13.8. The third-order valence-corrected chi connectivity index (χ3v) is 3.83. The van der Waals surface area contributed by atoms with Crippen molar-refractivity contribution < 1.29 is 9.50 Å². The Kier molecular flexibility index (Phi) is 3.52. The van der Waals surface area contributed by atoms with E-state index in [9.17, 15) is 9.50 Å². The molecule has 0 saturated carbocycles. The minimum absolute atomic E-state index is 0.350. The van der Waals surface area contributed by atoms with Gasteiger partial charge in [-0.25, -0.2) is 4.39 Å². The van der Waals surface area contributed by atoms with Gasteiger partial charge in [-0.2, -0.15) is 0 Å². The van der Waals surface area contributed by atoms with Crippen molar-refractivity contribution in [2.75, 3.05) is 0 Å². The fourth-order valence-corrected chi connectivity index (χ4v) is 2.87. The molecule has 0 bridgehead atoms. The molecule has 1 aromatic heterocycles. The largest absolute Gasteiger partial charge is 0.389 e. The molecule has 0 aliphatic carbocycles. The zero-order chi connectivity index (χ0) is 11.5. The maximum absolute atomic E-state index is 13.0. The van der Waals surface area contributed by atoms with Gasteiger partial charge in [-0.1, -0.05) is 23.1 Å². The van der Waals surface area contributed by atoms with Crippen LogP contribution in [0.5, 0.6) is 0 Å². The Balaban J connectivity index is 2.33. The van der Waals surface area contributed by atoms with Crippen LogP contribution in [0.15, 0.2) is 32.9 Å². The maximum Gasteiger partial charge on any atom is 0.178 e. The van der Waals surface area contributed by atoms with Crippen molar-refractivity contribution in [2.24, 2.45) is 0 Å². The standard InChI is InChI=1S/C10H9FN2OS2/c1-6(14)8-4-7(11)2-3-9(8)16-10-13-12-5-15-10/h2-6,14H,1H3/t6-/m1/s1. The summed E-state index contributed by atoms with van der Waals surface area (Å²) in [4.78, 5) is 0.799. The second kappa shape index (κ2) is 4.90. The molecule has 3 nitrogen and oxygen atoms in total. The van der Waals surface area contributed by atoms with Crippen molar-refractivity contribution in [1.82, 2.24) is 10.2 Å². The second-order valence-corrected chi connectivity index (χ2v) is 5.29. The molecular weight excluding hydrogens is 247 g/mol. The van der Waals surface area contributed by atoms with E-state index in [1.165, 1.54) is 35.2 Å². The topological polar surface area (TPSA) is 46.0 Å². The average molecular weight is 256 g/mol. The second-order valence-electron chi connectivity index (χ2n) is 3.16. The quantitative estimate of drug-likeness (QED) is 0.917. The molecule has 1 N–H and O–H groups in total. The van der Waals surface area contributed by atoms with Crippen molar-refractivity contribution >= 4 is 23.1 Å². The number of aromatic nitrogens is 2. The highest BCUT2D eigenvalue weighted by molar-refractivity contribution is 8.01. The Hall–Kier alpha value is -0.980. The highest BCUT2D eigenvalue weighted by Gasteiger charge is 2.11. The van der Waals surface area contributed by atoms with Crippen LogP contribution >= 0.6 is 23.1 Å². The summed E-state index contributed by atoms with van der Waals surface area (Å²) in [5.41, 5.74) is 2.20. The lowest BCUT2D eigenvalue weighted by molar-refractivity contribution is 0.196. The zero-order valence-electron chi connectivity index (χ0n) is 8.42. The van der Waals surface area contributed by atoms with Crippen LogP contribution in [0.25, 0.3) is 0 Å². The number of benzene rings is 1. The van der Waals surface area contributed by atoms with Crippen molar-refractivity contribution in [3.63, 3.8) is 0 Å². The van der Waals surface area contributed by atoms with Gasteiger partial charge in [-0.3, -0.25) is 0 Å². The van der Waals surface area contributed by atoms with Crippen LogP contribution in [-0.2, 0) is 0 Å². The van der Waals surface area contributed by atoms with Crippen molar-refractivity contribution in [3.05, 3.63) is 35.1 Å². The molecule has 84 valence electrons. The van der Waals surface area contributed by atoms with E-state index < -0.39 is 6.10 Å². The highest BCUT2D eigenvalue weighted by atomic mass is 32.2. The lowest BCUT2D eigenvalue weighted by Gasteiger charge is -2.10. The number of nitrogens with zero attached hydrogens (tertiary/aromatic N) is 2. The first kappa shape index (κ1) is 11.5. The van der Waals surface area contributed by atoms with Gasteiger partial charge in [0.15, 0.2) is 4.34 Å². The molecule has 2 aromatic rings. The Bertz CT molecular complexity index is 474. The fraction of sp³-hybridized carbons (Fsp3) is 0.200. The predicted octanol–water partition coefficient (Wildman–Crippen LogP) is 2.88. The van der Waals surface area contributed by atoms with Crippen LogP contribution in [0.1, 0.15) is 18.6 Å². The number of hydrogen-bond donors (Lipinski definition) is 1. The molecule has 1 aromatic carbocycles. The van der Waals surface area contributed by atoms with Gasteiger partial charge in [0, 0.05) is 4.90 Å². The van der Waals surface area contributed by atoms with E-state index in [1.807, 2.05) is 0 Å². The summed E-state index contributed by atoms with van der Waals surface area (Å²) in [7, 11) is 0. The van der Waals surface area contributed by atoms with E-state index in [0.717, 1.165) is 9.24 Å². The normalized spacial score (nSPS) is 12.7. The molecule has 0 amide bonds. The number of aliphatic hydroxyl groups excluding tert-OH is 1. The van der Waals surface area contributed by atoms with Crippen LogP contribution < -0.4 is 0 Å². The molecule has 16 heavy (non-hydrogen) atoms. The van der Waals surface area contributed by atoms with Crippen molar-refractivity contribution in [1.29, 1.82) is 0 Å². The number of halogens is 1. The summed E-state index contributed by atoms with van der Waals surface area (Å²) in [6.45, 7) is 1.61. The minimum Gasteiger partial charge on any atom is -0.389 e. The van der Waals surface area contributed by atoms with Crippen LogP contribution in [-0.4, -0.2) is 15.3 Å². The van der Waals surface area contributed by atoms with Crippen molar-refractivity contribution in [2.45, 2.75) is 22.3 Å². The van der Waals surface area contributed by atoms with E-state index in [1.54, 1.807) is 18.5 Å². The predicted molar refractivity (Wildman–Crippen MR) is 61.1 cm³/mol. The summed E-state index contributed by atoms with van der Waals surface area (Å²) in [6.07, 6.45) is -0.703. The molecule has 0 saturated heterocycles. The van der Waals surface area contributed by atoms with Gasteiger partial charge in [0.1, 0.15) is 11.3 Å². The van der Waals surface area contributed by atoms with E-state index >= 15 is 0 Å². The van der Waals surface area contributed by atoms with E-state index in [4.69, 9.17) is 0 Å². The van der Waals surface area contributed by atoms with Crippen LogP contribution in [0.4, 0.5) is 4.39 Å². The molecule has 1 heterocycles. The molecule has 0 spiro atoms. The molecule has 0 radical (unpaired) electrons. The Morgan fingerprint density at radius 3 is 2.94 bits per heavy atom. The first-order valence-corrected chi connectivity index (χ1v) is 6.28. The first-order valence-electron chi connectivity index (χ1n) is 4.58. The first-order chi connectivity index (χ1) is 7.66. The van der Waals surface area contributed by atoms with E-state index in [0.29, 0.717) is 5.56 Å². The molecule has 2 rings (SSSR count). The Labute approximate surface area is 100 Å². The number of hydrogen-bond acceptors (Lipinski definition) is 5. The van der Waals surface area contributed by atoms with Crippen molar-refractivity contribution in [3.8, 4) is 0 Å². The van der Waals surface area contributed by atoms with Crippen LogP contribution in [0, 0.1) is 5.82 Å². The summed E-state index contributed by atoms with van der Waals surface area (Å²) in [5, 5.41) is 17.2. The monoisotopic (exact) mass is 256 g/mol. The summed E-state index contributed by atoms with van der Waals surface area (Å²) in [6, 6.07) is 4.35. The Morgan fingerprint density at radius 1 is 1.50 bits per heavy atom. The van der Waals surface area contributed by atoms with Gasteiger partial charge in [-0.15, -0.1) is 10.2 Å². The molecular formula is C10H9FN2OS2. The SMILES string of the molecule is C[C@@H](O)c1cc(F)ccc1Sc1nncs1. The molecule has 0 unspecified atom stereocenters. The Morgan fingerprint density at radius 2 is 2.31 bits per heavy atom. The van der Waals surface area contributed by atoms with E-state index in [2.05, 4.69) is 10.2 Å². The summed E-state index contributed by atoms with van der Waals surface area (Å²) in [5.74, 6) is -0.350. The molecule has 0 aliphatic heterocycles. The van der Waals surface area contributed by atoms with Gasteiger partial charge < -0.3 is 5.11 Å². The van der Waals surface area contributed by atoms with Gasteiger partial charge in [0.05, 0.1) is 6.10 Å². The molecule has 1 atom stereocenters. The van der Waals surface area contributed by atoms with Crippen LogP contribution in [0.2, 0.25) is 0 Å². The zero-order valence-corrected chi connectivity index (χ0v) is 10.1. The smallest absolute Gasteiger partial charge is 0.178 e. The van der Waals surface area contributed by atoms with Gasteiger partial charge in [-0.05, 0) is 30.7 Å². The lowest BCUT2D eigenvalue weighted by atomic mass is 10.1. The third kappa shape index (κ3) is 2.58.